The van der Waals surface area contributed by atoms with E-state index in [9.17, 15) is 9.59 Å². The summed E-state index contributed by atoms with van der Waals surface area (Å²) in [7, 11) is 0. The van der Waals surface area contributed by atoms with Gasteiger partial charge in [0, 0.05) is 18.4 Å². The van der Waals surface area contributed by atoms with Crippen LogP contribution in [0.3, 0.4) is 0 Å². The Morgan fingerprint density at radius 2 is 2.00 bits per heavy atom. The molecular weight excluding hydrogens is 304 g/mol. The second kappa shape index (κ2) is 6.32. The quantitative estimate of drug-likeness (QED) is 0.938. The zero-order chi connectivity index (χ0) is 17.3. The maximum absolute atomic E-state index is 12.5. The molecule has 1 aliphatic rings. The Balaban J connectivity index is 1.80. The lowest BCUT2D eigenvalue weighted by molar-refractivity contribution is 0.0906. The summed E-state index contributed by atoms with van der Waals surface area (Å²) >= 11 is 0. The number of hydrogen-bond acceptors (Lipinski definition) is 4. The molecule has 2 aromatic rings. The summed E-state index contributed by atoms with van der Waals surface area (Å²) in [5, 5.41) is 11.7. The Labute approximate surface area is 140 Å². The van der Waals surface area contributed by atoms with Crippen LogP contribution in [-0.4, -0.2) is 11.7 Å². The molecule has 1 aliphatic carbocycles. The number of benzene rings is 1. The predicted molar refractivity (Wildman–Crippen MR) is 87.8 cm³/mol. The number of nitrogens with one attached hydrogen (secondary N) is 1. The maximum Gasteiger partial charge on any atom is 0.287 e. The lowest BCUT2D eigenvalue weighted by atomic mass is 9.94. The van der Waals surface area contributed by atoms with Crippen molar-refractivity contribution in [1.82, 2.24) is 5.32 Å². The van der Waals surface area contributed by atoms with E-state index in [1.165, 1.54) is 0 Å². The van der Waals surface area contributed by atoms with Crippen molar-refractivity contribution in [1.29, 1.82) is 5.26 Å². The number of Topliss-reactive ketones (excluding diaryl/α,β-unsaturated/α-hetero) is 1. The molecule has 1 atom stereocenters. The fraction of sp³-hybridized carbons (Fsp3) is 0.316. The van der Waals surface area contributed by atoms with Crippen LogP contribution in [0.4, 0.5) is 0 Å². The molecule has 0 bridgehead atoms. The van der Waals surface area contributed by atoms with E-state index < -0.39 is 0 Å². The Bertz CT molecular complexity index is 841. The summed E-state index contributed by atoms with van der Waals surface area (Å²) in [5.74, 6) is 0.568. The van der Waals surface area contributed by atoms with Crippen LogP contribution >= 0.6 is 0 Å². The van der Waals surface area contributed by atoms with Gasteiger partial charge in [0.1, 0.15) is 5.76 Å². The third kappa shape index (κ3) is 2.83. The number of nitriles is 1. The molecule has 0 saturated carbocycles. The summed E-state index contributed by atoms with van der Waals surface area (Å²) in [5.41, 5.74) is 2.68. The van der Waals surface area contributed by atoms with Gasteiger partial charge in [0.25, 0.3) is 5.91 Å². The smallest absolute Gasteiger partial charge is 0.287 e. The molecule has 1 amide bonds. The Hall–Kier alpha value is -2.87. The van der Waals surface area contributed by atoms with E-state index in [4.69, 9.17) is 9.68 Å². The van der Waals surface area contributed by atoms with Gasteiger partial charge in [-0.3, -0.25) is 9.59 Å². The first-order valence-corrected chi connectivity index (χ1v) is 7.97. The van der Waals surface area contributed by atoms with Crippen LogP contribution in [0, 0.1) is 18.3 Å². The van der Waals surface area contributed by atoms with Gasteiger partial charge < -0.3 is 9.73 Å². The number of rotatable bonds is 3. The Morgan fingerprint density at radius 3 is 2.62 bits per heavy atom. The van der Waals surface area contributed by atoms with Gasteiger partial charge in [0.2, 0.25) is 0 Å². The maximum atomic E-state index is 12.5. The van der Waals surface area contributed by atoms with Crippen molar-refractivity contribution >= 4 is 11.7 Å². The van der Waals surface area contributed by atoms with Crippen molar-refractivity contribution in [2.75, 3.05) is 0 Å². The highest BCUT2D eigenvalue weighted by Crippen LogP contribution is 2.29. The molecule has 0 radical (unpaired) electrons. The molecule has 122 valence electrons. The van der Waals surface area contributed by atoms with Gasteiger partial charge in [0.05, 0.1) is 23.2 Å². The molecule has 5 heteroatoms. The second-order valence-electron chi connectivity index (χ2n) is 6.06. The van der Waals surface area contributed by atoms with Crippen molar-refractivity contribution in [2.24, 2.45) is 0 Å². The van der Waals surface area contributed by atoms with Crippen LogP contribution in [0.5, 0.6) is 0 Å². The fourth-order valence-corrected chi connectivity index (χ4v) is 3.06. The highest BCUT2D eigenvalue weighted by molar-refractivity contribution is 6.03. The number of furan rings is 1. The largest absolute Gasteiger partial charge is 0.455 e. The van der Waals surface area contributed by atoms with E-state index in [0.29, 0.717) is 35.3 Å². The lowest BCUT2D eigenvalue weighted by Crippen LogP contribution is -2.26. The van der Waals surface area contributed by atoms with Gasteiger partial charge in [-0.15, -0.1) is 0 Å². The van der Waals surface area contributed by atoms with Crippen molar-refractivity contribution in [3.05, 3.63) is 58.0 Å². The van der Waals surface area contributed by atoms with Crippen molar-refractivity contribution in [3.63, 3.8) is 0 Å². The van der Waals surface area contributed by atoms with E-state index in [0.717, 1.165) is 12.0 Å². The van der Waals surface area contributed by atoms with Gasteiger partial charge >= 0.3 is 0 Å². The first-order chi connectivity index (χ1) is 11.5. The third-order valence-corrected chi connectivity index (χ3v) is 4.40. The first-order valence-electron chi connectivity index (χ1n) is 7.97. The summed E-state index contributed by atoms with van der Waals surface area (Å²) in [6.07, 6.45) is 1.97. The zero-order valence-corrected chi connectivity index (χ0v) is 13.7. The van der Waals surface area contributed by atoms with Crippen LogP contribution in [0.1, 0.15) is 69.2 Å². The average Bonchev–Trinajstić information content (AvgIpc) is 2.93. The minimum atomic E-state index is -0.327. The summed E-state index contributed by atoms with van der Waals surface area (Å²) < 4.78 is 5.67. The molecule has 1 N–H and O–H groups in total. The summed E-state index contributed by atoms with van der Waals surface area (Å²) in [6, 6.07) is 8.89. The van der Waals surface area contributed by atoms with Gasteiger partial charge in [-0.2, -0.15) is 5.26 Å². The molecule has 1 unspecified atom stereocenters. The van der Waals surface area contributed by atoms with Crippen LogP contribution in [0.25, 0.3) is 0 Å². The van der Waals surface area contributed by atoms with Gasteiger partial charge in [-0.05, 0) is 38.0 Å². The van der Waals surface area contributed by atoms with Crippen LogP contribution in [-0.2, 0) is 6.42 Å². The normalized spacial score (nSPS) is 14.6. The van der Waals surface area contributed by atoms with E-state index in [2.05, 4.69) is 11.4 Å². The minimum Gasteiger partial charge on any atom is -0.455 e. The molecule has 3 rings (SSSR count). The highest BCUT2D eigenvalue weighted by atomic mass is 16.4. The molecule has 24 heavy (non-hydrogen) atoms. The van der Waals surface area contributed by atoms with Gasteiger partial charge in [-0.25, -0.2) is 0 Å². The molecule has 0 saturated heterocycles. The number of fused-ring (bicyclic) bond motifs is 1. The van der Waals surface area contributed by atoms with Gasteiger partial charge in [0.15, 0.2) is 11.5 Å². The molecule has 0 aliphatic heterocycles. The third-order valence-electron chi connectivity index (χ3n) is 4.40. The van der Waals surface area contributed by atoms with Crippen LogP contribution in [0.2, 0.25) is 0 Å². The summed E-state index contributed by atoms with van der Waals surface area (Å²) in [4.78, 5) is 24.6. The van der Waals surface area contributed by atoms with Gasteiger partial charge in [-0.1, -0.05) is 12.1 Å². The predicted octanol–water partition coefficient (Wildman–Crippen LogP) is 3.47. The fourth-order valence-electron chi connectivity index (χ4n) is 3.06. The standard InChI is InChI=1S/C19H18N2O3/c1-11-17-15(22)4-3-5-16(17)24-18(11)19(23)21-12(2)14-8-6-13(10-20)7-9-14/h6-9,12H,3-5H2,1-2H3,(H,21,23). The number of amides is 1. The number of nitrogens with zero attached hydrogens (tertiary/aromatic N) is 1. The lowest BCUT2D eigenvalue weighted by Gasteiger charge is -2.13. The molecule has 1 aromatic heterocycles. The average molecular weight is 322 g/mol. The summed E-state index contributed by atoms with van der Waals surface area (Å²) in [6.45, 7) is 3.62. The van der Waals surface area contributed by atoms with Crippen molar-refractivity contribution in [3.8, 4) is 6.07 Å². The minimum absolute atomic E-state index is 0.0525. The molecule has 1 aromatic carbocycles. The number of carbonyl (C=O) groups excluding carboxylic acids is 2. The van der Waals surface area contributed by atoms with Crippen LogP contribution < -0.4 is 5.32 Å². The number of ketones is 1. The molecule has 0 fully saturated rings. The van der Waals surface area contributed by atoms with Crippen LogP contribution in [0.15, 0.2) is 28.7 Å². The number of carbonyl (C=O) groups is 2. The SMILES string of the molecule is Cc1c(C(=O)NC(C)c2ccc(C#N)cc2)oc2c1C(=O)CCC2. The molecule has 0 spiro atoms. The second-order valence-corrected chi connectivity index (χ2v) is 6.06. The number of hydrogen-bond donors (Lipinski definition) is 1. The van der Waals surface area contributed by atoms with E-state index in [-0.39, 0.29) is 23.5 Å². The number of aryl methyl sites for hydroxylation is 1. The van der Waals surface area contributed by atoms with E-state index >= 15 is 0 Å². The van der Waals surface area contributed by atoms with Crippen molar-refractivity contribution < 1.29 is 14.0 Å². The monoisotopic (exact) mass is 322 g/mol. The molecule has 5 nitrogen and oxygen atoms in total. The molecular formula is C19H18N2O3. The van der Waals surface area contributed by atoms with E-state index in [1.54, 1.807) is 19.1 Å². The topological polar surface area (TPSA) is 83.1 Å². The van der Waals surface area contributed by atoms with E-state index in [1.807, 2.05) is 19.1 Å². The Kier molecular flexibility index (Phi) is 4.22. The zero-order valence-electron chi connectivity index (χ0n) is 13.7. The Morgan fingerprint density at radius 1 is 1.29 bits per heavy atom. The first kappa shape index (κ1) is 16.0. The van der Waals surface area contributed by atoms with Crippen molar-refractivity contribution in [2.45, 2.75) is 39.2 Å². The highest BCUT2D eigenvalue weighted by Gasteiger charge is 2.29. The molecule has 1 heterocycles.